The van der Waals surface area contributed by atoms with Gasteiger partial charge in [0.15, 0.2) is 0 Å². The lowest BCUT2D eigenvalue weighted by Gasteiger charge is -2.05. The van der Waals surface area contributed by atoms with Crippen molar-refractivity contribution in [3.05, 3.63) is 46.1 Å². The smallest absolute Gasteiger partial charge is 0.134 e. The van der Waals surface area contributed by atoms with E-state index < -0.39 is 0 Å². The van der Waals surface area contributed by atoms with Gasteiger partial charge in [0.2, 0.25) is 0 Å². The van der Waals surface area contributed by atoms with Crippen LogP contribution in [0.25, 0.3) is 11.3 Å². The number of benzene rings is 1. The highest BCUT2D eigenvalue weighted by atomic mass is 35.5. The Hall–Kier alpha value is -0.670. The van der Waals surface area contributed by atoms with Gasteiger partial charge in [-0.15, -0.1) is 12.4 Å². The molecule has 2 nitrogen and oxygen atoms in total. The summed E-state index contributed by atoms with van der Waals surface area (Å²) in [6.45, 7) is 6.05. The third kappa shape index (κ3) is 5.02. The van der Waals surface area contributed by atoms with Crippen molar-refractivity contribution in [2.45, 2.75) is 20.4 Å². The zero-order chi connectivity index (χ0) is 13.8. The molecular formula is C15H18Cl3NO. The number of nitrogens with one attached hydrogen (secondary N) is 1. The van der Waals surface area contributed by atoms with Crippen LogP contribution in [0.1, 0.15) is 19.6 Å². The van der Waals surface area contributed by atoms with Crippen LogP contribution in [0, 0.1) is 5.92 Å². The highest BCUT2D eigenvalue weighted by Crippen LogP contribution is 2.28. The molecule has 2 aromatic rings. The van der Waals surface area contributed by atoms with Crippen molar-refractivity contribution in [2.75, 3.05) is 6.54 Å². The second-order valence-electron chi connectivity index (χ2n) is 4.95. The van der Waals surface area contributed by atoms with E-state index in [0.717, 1.165) is 30.2 Å². The molecule has 0 bridgehead atoms. The van der Waals surface area contributed by atoms with Crippen LogP contribution in [0.5, 0.6) is 0 Å². The summed E-state index contributed by atoms with van der Waals surface area (Å²) in [6, 6.07) is 9.31. The first kappa shape index (κ1) is 17.4. The number of furan rings is 1. The van der Waals surface area contributed by atoms with Crippen molar-refractivity contribution >= 4 is 35.6 Å². The van der Waals surface area contributed by atoms with E-state index in [9.17, 15) is 0 Å². The molecule has 0 radical (unpaired) electrons. The van der Waals surface area contributed by atoms with Crippen LogP contribution >= 0.6 is 35.6 Å². The molecule has 0 fully saturated rings. The van der Waals surface area contributed by atoms with E-state index in [0.29, 0.717) is 16.0 Å². The Kier molecular flexibility index (Phi) is 6.90. The Morgan fingerprint density at radius 1 is 1.10 bits per heavy atom. The van der Waals surface area contributed by atoms with Crippen LogP contribution in [0.2, 0.25) is 10.0 Å². The average molecular weight is 335 g/mol. The predicted octanol–water partition coefficient (Wildman–Crippen LogP) is 5.42. The predicted molar refractivity (Wildman–Crippen MR) is 88.0 cm³/mol. The van der Waals surface area contributed by atoms with Gasteiger partial charge in [0.05, 0.1) is 6.54 Å². The van der Waals surface area contributed by atoms with Crippen LogP contribution in [0.4, 0.5) is 0 Å². The maximum absolute atomic E-state index is 5.99. The Balaban J connectivity index is 0.00000200. The van der Waals surface area contributed by atoms with E-state index in [1.165, 1.54) is 0 Å². The highest BCUT2D eigenvalue weighted by molar-refractivity contribution is 6.35. The number of hydrogen-bond donors (Lipinski definition) is 1. The highest BCUT2D eigenvalue weighted by Gasteiger charge is 2.07. The molecule has 0 saturated heterocycles. The minimum absolute atomic E-state index is 0. The van der Waals surface area contributed by atoms with E-state index in [2.05, 4.69) is 19.2 Å². The van der Waals surface area contributed by atoms with Gasteiger partial charge < -0.3 is 9.73 Å². The lowest BCUT2D eigenvalue weighted by Crippen LogP contribution is -2.18. The van der Waals surface area contributed by atoms with Gasteiger partial charge in [0, 0.05) is 15.6 Å². The van der Waals surface area contributed by atoms with Gasteiger partial charge in [-0.1, -0.05) is 37.0 Å². The quantitative estimate of drug-likeness (QED) is 0.789. The van der Waals surface area contributed by atoms with E-state index in [-0.39, 0.29) is 12.4 Å². The Bertz CT molecular complexity index is 532. The molecule has 0 aliphatic heterocycles. The van der Waals surface area contributed by atoms with E-state index >= 15 is 0 Å². The third-order valence-corrected chi connectivity index (χ3v) is 3.10. The molecule has 0 unspecified atom stereocenters. The van der Waals surface area contributed by atoms with E-state index in [1.54, 1.807) is 6.07 Å². The second-order valence-corrected chi connectivity index (χ2v) is 5.82. The maximum atomic E-state index is 5.99. The van der Waals surface area contributed by atoms with Gasteiger partial charge >= 0.3 is 0 Å². The first-order chi connectivity index (χ1) is 9.04. The van der Waals surface area contributed by atoms with Crippen LogP contribution in [0.15, 0.2) is 34.7 Å². The zero-order valence-electron chi connectivity index (χ0n) is 11.5. The SMILES string of the molecule is CC(C)CNCc1ccc(-c2cc(Cl)cc(Cl)c2)o1.Cl. The Labute approximate surface area is 135 Å². The summed E-state index contributed by atoms with van der Waals surface area (Å²) in [4.78, 5) is 0. The van der Waals surface area contributed by atoms with Crippen molar-refractivity contribution in [2.24, 2.45) is 5.92 Å². The van der Waals surface area contributed by atoms with Gasteiger partial charge in [0.1, 0.15) is 11.5 Å². The number of rotatable bonds is 5. The molecule has 0 amide bonds. The summed E-state index contributed by atoms with van der Waals surface area (Å²) < 4.78 is 5.78. The van der Waals surface area contributed by atoms with E-state index in [4.69, 9.17) is 27.6 Å². The zero-order valence-corrected chi connectivity index (χ0v) is 13.8. The van der Waals surface area contributed by atoms with Crippen LogP contribution in [0.3, 0.4) is 0 Å². The molecule has 1 aromatic heterocycles. The summed E-state index contributed by atoms with van der Waals surface area (Å²) >= 11 is 12.0. The molecule has 1 heterocycles. The molecule has 0 saturated carbocycles. The fourth-order valence-electron chi connectivity index (χ4n) is 1.81. The van der Waals surface area contributed by atoms with Crippen molar-refractivity contribution < 1.29 is 4.42 Å². The lowest BCUT2D eigenvalue weighted by molar-refractivity contribution is 0.472. The third-order valence-electron chi connectivity index (χ3n) is 2.66. The summed E-state index contributed by atoms with van der Waals surface area (Å²) in [6.07, 6.45) is 0. The van der Waals surface area contributed by atoms with Crippen molar-refractivity contribution in [1.29, 1.82) is 0 Å². The molecule has 110 valence electrons. The van der Waals surface area contributed by atoms with Gasteiger partial charge in [-0.3, -0.25) is 0 Å². The minimum Gasteiger partial charge on any atom is -0.460 e. The first-order valence-electron chi connectivity index (χ1n) is 6.30. The topological polar surface area (TPSA) is 25.2 Å². The van der Waals surface area contributed by atoms with Crippen LogP contribution in [-0.2, 0) is 6.54 Å². The van der Waals surface area contributed by atoms with Crippen molar-refractivity contribution in [1.82, 2.24) is 5.32 Å². The molecule has 0 atom stereocenters. The summed E-state index contributed by atoms with van der Waals surface area (Å²) in [5.41, 5.74) is 0.896. The molecule has 0 spiro atoms. The number of hydrogen-bond acceptors (Lipinski definition) is 2. The average Bonchev–Trinajstić information content (AvgIpc) is 2.76. The largest absolute Gasteiger partial charge is 0.460 e. The Morgan fingerprint density at radius 3 is 2.35 bits per heavy atom. The summed E-state index contributed by atoms with van der Waals surface area (Å²) in [5.74, 6) is 2.32. The van der Waals surface area contributed by atoms with Gasteiger partial charge in [-0.05, 0) is 42.8 Å². The molecule has 1 N–H and O–H groups in total. The summed E-state index contributed by atoms with van der Waals surface area (Å²) in [5, 5.41) is 4.56. The molecule has 1 aromatic carbocycles. The molecule has 5 heteroatoms. The van der Waals surface area contributed by atoms with Crippen LogP contribution in [-0.4, -0.2) is 6.54 Å². The van der Waals surface area contributed by atoms with Gasteiger partial charge in [-0.2, -0.15) is 0 Å². The normalized spacial score (nSPS) is 10.7. The van der Waals surface area contributed by atoms with Gasteiger partial charge in [0.25, 0.3) is 0 Å². The molecule has 20 heavy (non-hydrogen) atoms. The fourth-order valence-corrected chi connectivity index (χ4v) is 2.33. The molecule has 0 aliphatic carbocycles. The van der Waals surface area contributed by atoms with Gasteiger partial charge in [-0.25, -0.2) is 0 Å². The van der Waals surface area contributed by atoms with E-state index in [1.807, 2.05) is 24.3 Å². The number of halogens is 3. The molecule has 2 rings (SSSR count). The summed E-state index contributed by atoms with van der Waals surface area (Å²) in [7, 11) is 0. The first-order valence-corrected chi connectivity index (χ1v) is 7.06. The molecular weight excluding hydrogens is 317 g/mol. The minimum atomic E-state index is 0. The molecule has 0 aliphatic rings. The fraction of sp³-hybridized carbons (Fsp3) is 0.333. The second kappa shape index (κ2) is 7.94. The Morgan fingerprint density at radius 2 is 1.75 bits per heavy atom. The lowest BCUT2D eigenvalue weighted by atomic mass is 10.2. The van der Waals surface area contributed by atoms with Crippen molar-refractivity contribution in [3.8, 4) is 11.3 Å². The van der Waals surface area contributed by atoms with Crippen molar-refractivity contribution in [3.63, 3.8) is 0 Å². The standard InChI is InChI=1S/C15H17Cl2NO.ClH/c1-10(2)8-18-9-14-3-4-15(19-14)11-5-12(16)7-13(17)6-11;/h3-7,10,18H,8-9H2,1-2H3;1H. The maximum Gasteiger partial charge on any atom is 0.134 e. The van der Waals surface area contributed by atoms with Crippen LogP contribution < -0.4 is 5.32 Å². The monoisotopic (exact) mass is 333 g/mol.